The molecule has 0 bridgehead atoms. The lowest BCUT2D eigenvalue weighted by Gasteiger charge is -2.08. The van der Waals surface area contributed by atoms with Crippen LogP contribution >= 0.6 is 0 Å². The molecule has 146 valence electrons. The SMILES string of the molecule is O=C(CCn1nc(C(F)(F)F)cc1C1CC1)NCCn1cc([N+](=O)[O-])cn1. The first-order valence-electron chi connectivity index (χ1n) is 8.32. The molecule has 9 nitrogen and oxygen atoms in total. The lowest BCUT2D eigenvalue weighted by atomic mass is 10.2. The van der Waals surface area contributed by atoms with E-state index in [0.29, 0.717) is 5.69 Å². The third kappa shape index (κ3) is 4.83. The number of halogens is 3. The lowest BCUT2D eigenvalue weighted by molar-refractivity contribution is -0.385. The summed E-state index contributed by atoms with van der Waals surface area (Å²) in [5.41, 5.74) is -0.572. The number of hydrogen-bond acceptors (Lipinski definition) is 5. The lowest BCUT2D eigenvalue weighted by Crippen LogP contribution is -2.28. The zero-order valence-corrected chi connectivity index (χ0v) is 14.1. The first kappa shape index (κ1) is 18.9. The highest BCUT2D eigenvalue weighted by molar-refractivity contribution is 5.75. The van der Waals surface area contributed by atoms with Gasteiger partial charge in [-0.2, -0.15) is 23.4 Å². The molecule has 0 radical (unpaired) electrons. The second kappa shape index (κ2) is 7.37. The van der Waals surface area contributed by atoms with Crippen molar-refractivity contribution < 1.29 is 22.9 Å². The minimum absolute atomic E-state index is 0.0159. The Labute approximate surface area is 151 Å². The Morgan fingerprint density at radius 2 is 2.11 bits per heavy atom. The van der Waals surface area contributed by atoms with Crippen molar-refractivity contribution in [1.82, 2.24) is 24.9 Å². The van der Waals surface area contributed by atoms with E-state index in [1.807, 2.05) is 0 Å². The van der Waals surface area contributed by atoms with Gasteiger partial charge in [-0.3, -0.25) is 24.3 Å². The topological polar surface area (TPSA) is 108 Å². The average Bonchev–Trinajstić information content (AvgIpc) is 3.15. The van der Waals surface area contributed by atoms with E-state index in [0.717, 1.165) is 25.1 Å². The molecule has 0 unspecified atom stereocenters. The van der Waals surface area contributed by atoms with Gasteiger partial charge in [-0.15, -0.1) is 0 Å². The molecule has 1 N–H and O–H groups in total. The molecule has 1 amide bonds. The van der Waals surface area contributed by atoms with Crippen molar-refractivity contribution >= 4 is 11.6 Å². The van der Waals surface area contributed by atoms with Crippen LogP contribution < -0.4 is 5.32 Å². The molecule has 2 aromatic rings. The van der Waals surface area contributed by atoms with Crippen molar-refractivity contribution in [3.63, 3.8) is 0 Å². The molecule has 3 rings (SSSR count). The number of nitro groups is 1. The molecule has 0 atom stereocenters. The smallest absolute Gasteiger partial charge is 0.354 e. The number of carbonyl (C=O) groups excluding carboxylic acids is 1. The Bertz CT molecular complexity index is 840. The summed E-state index contributed by atoms with van der Waals surface area (Å²) in [6.45, 7) is 0.494. The van der Waals surface area contributed by atoms with Crippen LogP contribution in [-0.2, 0) is 24.1 Å². The first-order valence-corrected chi connectivity index (χ1v) is 8.32. The van der Waals surface area contributed by atoms with Crippen LogP contribution in [0.4, 0.5) is 18.9 Å². The molecule has 2 heterocycles. The van der Waals surface area contributed by atoms with Gasteiger partial charge in [0.15, 0.2) is 5.69 Å². The van der Waals surface area contributed by atoms with Crippen LogP contribution in [0, 0.1) is 10.1 Å². The number of nitrogens with zero attached hydrogens (tertiary/aromatic N) is 5. The van der Waals surface area contributed by atoms with E-state index >= 15 is 0 Å². The van der Waals surface area contributed by atoms with Gasteiger partial charge >= 0.3 is 11.9 Å². The van der Waals surface area contributed by atoms with Crippen LogP contribution in [-0.4, -0.2) is 36.9 Å². The maximum absolute atomic E-state index is 12.8. The summed E-state index contributed by atoms with van der Waals surface area (Å²) in [5.74, 6) is -0.269. The Hall–Kier alpha value is -2.92. The number of hydrogen-bond donors (Lipinski definition) is 1. The Balaban J connectivity index is 1.49. The van der Waals surface area contributed by atoms with Crippen LogP contribution in [0.2, 0.25) is 0 Å². The fraction of sp³-hybridized carbons (Fsp3) is 0.533. The van der Waals surface area contributed by atoms with Gasteiger partial charge in [-0.25, -0.2) is 0 Å². The van der Waals surface area contributed by atoms with Crippen LogP contribution in [0.25, 0.3) is 0 Å². The zero-order chi connectivity index (χ0) is 19.6. The van der Waals surface area contributed by atoms with Crippen molar-refractivity contribution in [2.75, 3.05) is 6.54 Å². The molecular formula is C15H17F3N6O3. The number of aryl methyl sites for hydroxylation is 1. The molecule has 0 saturated heterocycles. The highest BCUT2D eigenvalue weighted by Gasteiger charge is 2.37. The zero-order valence-electron chi connectivity index (χ0n) is 14.1. The summed E-state index contributed by atoms with van der Waals surface area (Å²) < 4.78 is 41.1. The number of amides is 1. The van der Waals surface area contributed by atoms with E-state index in [4.69, 9.17) is 0 Å². The molecule has 27 heavy (non-hydrogen) atoms. The summed E-state index contributed by atoms with van der Waals surface area (Å²) in [5, 5.41) is 20.6. The fourth-order valence-electron chi connectivity index (χ4n) is 2.63. The average molecular weight is 386 g/mol. The largest absolute Gasteiger partial charge is 0.435 e. The predicted octanol–water partition coefficient (Wildman–Crippen LogP) is 2.09. The number of aromatic nitrogens is 4. The molecule has 0 spiro atoms. The van der Waals surface area contributed by atoms with Crippen molar-refractivity contribution in [2.24, 2.45) is 0 Å². The highest BCUT2D eigenvalue weighted by Crippen LogP contribution is 2.42. The normalized spacial score (nSPS) is 14.3. The summed E-state index contributed by atoms with van der Waals surface area (Å²) in [6, 6.07) is 1.06. The minimum atomic E-state index is -4.51. The Kier molecular flexibility index (Phi) is 5.15. The Morgan fingerprint density at radius 3 is 2.70 bits per heavy atom. The standard InChI is InChI=1S/C15H17F3N6O3/c16-15(17,18)13-7-12(10-1-2-10)23(21-13)5-3-14(25)19-4-6-22-9-11(8-20-22)24(26)27/h7-10H,1-6H2,(H,19,25). The minimum Gasteiger partial charge on any atom is -0.354 e. The number of nitrogens with one attached hydrogen (secondary N) is 1. The third-order valence-electron chi connectivity index (χ3n) is 4.14. The van der Waals surface area contributed by atoms with E-state index in [-0.39, 0.29) is 43.6 Å². The molecule has 12 heteroatoms. The first-order chi connectivity index (χ1) is 12.7. The van der Waals surface area contributed by atoms with E-state index in [2.05, 4.69) is 15.5 Å². The van der Waals surface area contributed by atoms with Gasteiger partial charge in [-0.05, 0) is 18.9 Å². The van der Waals surface area contributed by atoms with Gasteiger partial charge in [0.2, 0.25) is 5.91 Å². The highest BCUT2D eigenvalue weighted by atomic mass is 19.4. The summed E-state index contributed by atoms with van der Waals surface area (Å²) in [7, 11) is 0. The van der Waals surface area contributed by atoms with E-state index in [1.54, 1.807) is 0 Å². The summed E-state index contributed by atoms with van der Waals surface area (Å²) >= 11 is 0. The van der Waals surface area contributed by atoms with Crippen molar-refractivity contribution in [3.8, 4) is 0 Å². The molecule has 1 aliphatic carbocycles. The van der Waals surface area contributed by atoms with Gasteiger partial charge < -0.3 is 5.32 Å². The van der Waals surface area contributed by atoms with Crippen molar-refractivity contribution in [1.29, 1.82) is 0 Å². The second-order valence-electron chi connectivity index (χ2n) is 6.27. The van der Waals surface area contributed by atoms with E-state index in [1.165, 1.54) is 15.6 Å². The van der Waals surface area contributed by atoms with Gasteiger partial charge in [-0.1, -0.05) is 0 Å². The Morgan fingerprint density at radius 1 is 1.37 bits per heavy atom. The second-order valence-corrected chi connectivity index (χ2v) is 6.27. The monoisotopic (exact) mass is 386 g/mol. The maximum atomic E-state index is 12.8. The molecular weight excluding hydrogens is 369 g/mol. The van der Waals surface area contributed by atoms with Crippen LogP contribution in [0.5, 0.6) is 0 Å². The predicted molar refractivity (Wildman–Crippen MR) is 85.7 cm³/mol. The maximum Gasteiger partial charge on any atom is 0.435 e. The van der Waals surface area contributed by atoms with Crippen molar-refractivity contribution in [3.05, 3.63) is 40.0 Å². The fourth-order valence-corrected chi connectivity index (χ4v) is 2.63. The molecule has 0 aliphatic heterocycles. The molecule has 1 fully saturated rings. The molecule has 0 aromatic carbocycles. The number of alkyl halides is 3. The van der Waals surface area contributed by atoms with Gasteiger partial charge in [0.05, 0.1) is 11.5 Å². The van der Waals surface area contributed by atoms with E-state index < -0.39 is 16.8 Å². The van der Waals surface area contributed by atoms with Crippen LogP contribution in [0.3, 0.4) is 0 Å². The van der Waals surface area contributed by atoms with Gasteiger partial charge in [0.1, 0.15) is 12.4 Å². The third-order valence-corrected chi connectivity index (χ3v) is 4.14. The van der Waals surface area contributed by atoms with Crippen molar-refractivity contribution in [2.45, 2.75) is 44.4 Å². The summed E-state index contributed by atoms with van der Waals surface area (Å²) in [4.78, 5) is 21.9. The van der Waals surface area contributed by atoms with Crippen LogP contribution in [0.1, 0.15) is 36.6 Å². The molecule has 1 aliphatic rings. The van der Waals surface area contributed by atoms with Crippen LogP contribution in [0.15, 0.2) is 18.5 Å². The van der Waals surface area contributed by atoms with Gasteiger partial charge in [0, 0.05) is 31.1 Å². The number of rotatable bonds is 8. The molecule has 2 aromatic heterocycles. The van der Waals surface area contributed by atoms with Gasteiger partial charge in [0.25, 0.3) is 0 Å². The number of carbonyl (C=O) groups is 1. The molecule has 1 saturated carbocycles. The quantitative estimate of drug-likeness (QED) is 0.552. The van der Waals surface area contributed by atoms with E-state index in [9.17, 15) is 28.1 Å². The summed E-state index contributed by atoms with van der Waals surface area (Å²) in [6.07, 6.45) is -0.522.